The van der Waals surface area contributed by atoms with Crippen LogP contribution in [-0.2, 0) is 6.54 Å². The van der Waals surface area contributed by atoms with Crippen LogP contribution in [0.1, 0.15) is 11.3 Å². The van der Waals surface area contributed by atoms with Crippen molar-refractivity contribution in [3.63, 3.8) is 0 Å². The van der Waals surface area contributed by atoms with Crippen LogP contribution in [0.5, 0.6) is 0 Å². The highest BCUT2D eigenvalue weighted by Crippen LogP contribution is 2.27. The van der Waals surface area contributed by atoms with Gasteiger partial charge in [-0.25, -0.2) is 4.98 Å². The van der Waals surface area contributed by atoms with Gasteiger partial charge in [0.1, 0.15) is 5.76 Å². The number of nitro groups is 1. The molecule has 0 radical (unpaired) electrons. The molecule has 0 bridgehead atoms. The summed E-state index contributed by atoms with van der Waals surface area (Å²) in [5.41, 5.74) is 2.91. The number of aryl methyl sites for hydroxylation is 1. The summed E-state index contributed by atoms with van der Waals surface area (Å²) in [6, 6.07) is 18.3. The molecule has 2 aromatic carbocycles. The molecule has 0 atom stereocenters. The van der Waals surface area contributed by atoms with E-state index in [1.54, 1.807) is 12.1 Å². The highest BCUT2D eigenvalue weighted by atomic mass is 16.6. The van der Waals surface area contributed by atoms with Gasteiger partial charge >= 0.3 is 0 Å². The van der Waals surface area contributed by atoms with Crippen LogP contribution in [0.3, 0.4) is 0 Å². The van der Waals surface area contributed by atoms with Crippen LogP contribution in [0.25, 0.3) is 22.6 Å². The molecule has 0 aliphatic carbocycles. The number of nitrogens with zero attached hydrogens (tertiary/aromatic N) is 3. The SMILES string of the molecule is Cc1ccc(-c2nc3ccccc3n2Cc2ccc([N+](=O)[O-])cc2)o1. The lowest BCUT2D eigenvalue weighted by atomic mass is 10.2. The average Bonchev–Trinajstić information content (AvgIpc) is 3.19. The molecule has 0 saturated heterocycles. The van der Waals surface area contributed by atoms with Gasteiger partial charge in [0, 0.05) is 18.7 Å². The number of nitro benzene ring substituents is 1. The number of hydrogen-bond donors (Lipinski definition) is 0. The maximum absolute atomic E-state index is 10.8. The summed E-state index contributed by atoms with van der Waals surface area (Å²) in [5.74, 6) is 2.27. The Balaban J connectivity index is 1.80. The zero-order chi connectivity index (χ0) is 17.4. The molecule has 0 fully saturated rings. The molecule has 2 aromatic heterocycles. The number of imidazole rings is 1. The molecule has 0 unspecified atom stereocenters. The zero-order valence-corrected chi connectivity index (χ0v) is 13.5. The lowest BCUT2D eigenvalue weighted by Crippen LogP contribution is -2.02. The summed E-state index contributed by atoms with van der Waals surface area (Å²) in [6.07, 6.45) is 0. The van der Waals surface area contributed by atoms with Crippen LogP contribution in [0.2, 0.25) is 0 Å². The first kappa shape index (κ1) is 15.1. The topological polar surface area (TPSA) is 74.1 Å². The fraction of sp³-hybridized carbons (Fsp3) is 0.105. The second-order valence-corrected chi connectivity index (χ2v) is 5.84. The first-order chi connectivity index (χ1) is 12.1. The van der Waals surface area contributed by atoms with Gasteiger partial charge in [-0.2, -0.15) is 0 Å². The molecule has 0 saturated carbocycles. The normalized spacial score (nSPS) is 11.1. The number of para-hydroxylation sites is 2. The molecule has 0 aliphatic heterocycles. The van der Waals surface area contributed by atoms with E-state index >= 15 is 0 Å². The highest BCUT2D eigenvalue weighted by Gasteiger charge is 2.16. The smallest absolute Gasteiger partial charge is 0.269 e. The van der Waals surface area contributed by atoms with Gasteiger partial charge in [0.2, 0.25) is 0 Å². The minimum Gasteiger partial charge on any atom is -0.458 e. The van der Waals surface area contributed by atoms with Crippen LogP contribution in [-0.4, -0.2) is 14.5 Å². The van der Waals surface area contributed by atoms with Gasteiger partial charge in [-0.1, -0.05) is 24.3 Å². The molecule has 0 N–H and O–H groups in total. The van der Waals surface area contributed by atoms with Crippen molar-refractivity contribution in [1.82, 2.24) is 9.55 Å². The number of hydrogen-bond acceptors (Lipinski definition) is 4. The molecule has 4 rings (SSSR count). The van der Waals surface area contributed by atoms with Gasteiger partial charge in [0.25, 0.3) is 5.69 Å². The van der Waals surface area contributed by atoms with Gasteiger partial charge < -0.3 is 8.98 Å². The van der Waals surface area contributed by atoms with Crippen LogP contribution in [0.15, 0.2) is 65.1 Å². The van der Waals surface area contributed by atoms with Crippen LogP contribution < -0.4 is 0 Å². The van der Waals surface area contributed by atoms with E-state index in [9.17, 15) is 10.1 Å². The molecular formula is C19H15N3O3. The summed E-state index contributed by atoms with van der Waals surface area (Å²) in [6.45, 7) is 2.44. The van der Waals surface area contributed by atoms with Crippen molar-refractivity contribution in [2.75, 3.05) is 0 Å². The molecule has 6 nitrogen and oxygen atoms in total. The number of benzene rings is 2. The summed E-state index contributed by atoms with van der Waals surface area (Å²) >= 11 is 0. The Morgan fingerprint density at radius 2 is 1.84 bits per heavy atom. The fourth-order valence-electron chi connectivity index (χ4n) is 2.88. The number of furan rings is 1. The minimum absolute atomic E-state index is 0.0844. The quantitative estimate of drug-likeness (QED) is 0.405. The molecular weight excluding hydrogens is 318 g/mol. The summed E-state index contributed by atoms with van der Waals surface area (Å²) in [5, 5.41) is 10.8. The third-order valence-electron chi connectivity index (χ3n) is 4.10. The van der Waals surface area contributed by atoms with Crippen LogP contribution in [0.4, 0.5) is 5.69 Å². The molecule has 25 heavy (non-hydrogen) atoms. The number of non-ortho nitro benzene ring substituents is 1. The third kappa shape index (κ3) is 2.78. The summed E-state index contributed by atoms with van der Waals surface area (Å²) < 4.78 is 7.82. The first-order valence-corrected chi connectivity index (χ1v) is 7.87. The Kier molecular flexibility index (Phi) is 3.57. The minimum atomic E-state index is -0.395. The number of aromatic nitrogens is 2. The van der Waals surface area contributed by atoms with Crippen molar-refractivity contribution >= 4 is 16.7 Å². The molecule has 2 heterocycles. The van der Waals surface area contributed by atoms with E-state index in [0.29, 0.717) is 12.3 Å². The van der Waals surface area contributed by atoms with Crippen LogP contribution in [0, 0.1) is 17.0 Å². The van der Waals surface area contributed by atoms with E-state index in [1.165, 1.54) is 12.1 Å². The molecule has 0 spiro atoms. The van der Waals surface area contributed by atoms with E-state index < -0.39 is 4.92 Å². The standard InChI is InChI=1S/C19H15N3O3/c1-13-6-11-18(25-13)19-20-16-4-2-3-5-17(16)21(19)12-14-7-9-15(10-8-14)22(23)24/h2-11H,12H2,1H3. The van der Waals surface area contributed by atoms with Crippen molar-refractivity contribution in [1.29, 1.82) is 0 Å². The summed E-state index contributed by atoms with van der Waals surface area (Å²) in [4.78, 5) is 15.1. The largest absolute Gasteiger partial charge is 0.458 e. The Bertz CT molecular complexity index is 1060. The van der Waals surface area contributed by atoms with Gasteiger partial charge in [-0.3, -0.25) is 10.1 Å². The lowest BCUT2D eigenvalue weighted by molar-refractivity contribution is -0.384. The van der Waals surface area contributed by atoms with E-state index in [1.807, 2.05) is 43.3 Å². The van der Waals surface area contributed by atoms with Gasteiger partial charge in [-0.15, -0.1) is 0 Å². The maximum Gasteiger partial charge on any atom is 0.269 e. The molecule has 6 heteroatoms. The Hall–Kier alpha value is -3.41. The lowest BCUT2D eigenvalue weighted by Gasteiger charge is -2.08. The molecule has 0 amide bonds. The van der Waals surface area contributed by atoms with Crippen molar-refractivity contribution in [2.45, 2.75) is 13.5 Å². The maximum atomic E-state index is 10.8. The van der Waals surface area contributed by atoms with Crippen molar-refractivity contribution in [3.8, 4) is 11.6 Å². The van der Waals surface area contributed by atoms with Gasteiger partial charge in [0.05, 0.1) is 16.0 Å². The molecule has 124 valence electrons. The Morgan fingerprint density at radius 3 is 2.52 bits per heavy atom. The Morgan fingerprint density at radius 1 is 1.08 bits per heavy atom. The van der Waals surface area contributed by atoms with Gasteiger partial charge in [0.15, 0.2) is 11.6 Å². The fourth-order valence-corrected chi connectivity index (χ4v) is 2.88. The van der Waals surface area contributed by atoms with Crippen molar-refractivity contribution in [3.05, 3.63) is 82.1 Å². The Labute approximate surface area is 143 Å². The van der Waals surface area contributed by atoms with Gasteiger partial charge in [-0.05, 0) is 36.8 Å². The first-order valence-electron chi connectivity index (χ1n) is 7.87. The number of fused-ring (bicyclic) bond motifs is 1. The van der Waals surface area contributed by atoms with E-state index in [0.717, 1.165) is 28.2 Å². The second kappa shape index (κ2) is 5.90. The van der Waals surface area contributed by atoms with E-state index in [2.05, 4.69) is 4.57 Å². The average molecular weight is 333 g/mol. The monoisotopic (exact) mass is 333 g/mol. The van der Waals surface area contributed by atoms with E-state index in [-0.39, 0.29) is 5.69 Å². The second-order valence-electron chi connectivity index (χ2n) is 5.84. The number of rotatable bonds is 4. The van der Waals surface area contributed by atoms with Crippen molar-refractivity contribution in [2.24, 2.45) is 0 Å². The molecule has 0 aliphatic rings. The molecule has 4 aromatic rings. The third-order valence-corrected chi connectivity index (χ3v) is 4.10. The predicted octanol–water partition coefficient (Wildman–Crippen LogP) is 4.56. The predicted molar refractivity (Wildman–Crippen MR) is 94.4 cm³/mol. The summed E-state index contributed by atoms with van der Waals surface area (Å²) in [7, 11) is 0. The van der Waals surface area contributed by atoms with Crippen LogP contribution >= 0.6 is 0 Å². The highest BCUT2D eigenvalue weighted by molar-refractivity contribution is 5.79. The van der Waals surface area contributed by atoms with E-state index in [4.69, 9.17) is 9.40 Å². The zero-order valence-electron chi connectivity index (χ0n) is 13.5. The van der Waals surface area contributed by atoms with Crippen molar-refractivity contribution < 1.29 is 9.34 Å².